The van der Waals surface area contributed by atoms with Crippen molar-refractivity contribution in [2.45, 2.75) is 32.0 Å². The summed E-state index contributed by atoms with van der Waals surface area (Å²) < 4.78 is 0. The highest BCUT2D eigenvalue weighted by molar-refractivity contribution is 5.75. The van der Waals surface area contributed by atoms with Gasteiger partial charge in [0.2, 0.25) is 0 Å². The fourth-order valence-electron chi connectivity index (χ4n) is 2.94. The van der Waals surface area contributed by atoms with Crippen LogP contribution in [-0.4, -0.2) is 32.2 Å². The molecule has 0 unspecified atom stereocenters. The standard InChI is InChI=1S/C20H21N5O/c26-20(25(18-7-8-18)14-16-2-1-10-21-12-16)22-13-15-3-5-17(6-4-15)19-9-11-23-24-19/h1-6,9-12,18H,7-8,13-14H2,(H,22,26)(H,23,24). The summed E-state index contributed by atoms with van der Waals surface area (Å²) >= 11 is 0. The van der Waals surface area contributed by atoms with E-state index in [9.17, 15) is 4.79 Å². The fraction of sp³-hybridized carbons (Fsp3) is 0.250. The fourth-order valence-corrected chi connectivity index (χ4v) is 2.94. The number of hydrogen-bond acceptors (Lipinski definition) is 3. The second-order valence-corrected chi connectivity index (χ2v) is 6.55. The maximum atomic E-state index is 12.6. The van der Waals surface area contributed by atoms with Crippen LogP contribution in [0, 0.1) is 0 Å². The number of nitrogens with zero attached hydrogens (tertiary/aromatic N) is 3. The summed E-state index contributed by atoms with van der Waals surface area (Å²) in [6.45, 7) is 1.11. The Balaban J connectivity index is 1.36. The van der Waals surface area contributed by atoms with Gasteiger partial charge in [-0.15, -0.1) is 0 Å². The Bertz CT molecular complexity index is 842. The molecule has 0 atom stereocenters. The van der Waals surface area contributed by atoms with Gasteiger partial charge in [-0.1, -0.05) is 30.3 Å². The topological polar surface area (TPSA) is 73.9 Å². The van der Waals surface area contributed by atoms with Crippen LogP contribution in [0.4, 0.5) is 4.79 Å². The minimum atomic E-state index is -0.0194. The van der Waals surface area contributed by atoms with E-state index in [0.717, 1.165) is 35.2 Å². The number of urea groups is 1. The number of hydrogen-bond donors (Lipinski definition) is 2. The molecule has 1 fully saturated rings. The third-order valence-corrected chi connectivity index (χ3v) is 4.53. The van der Waals surface area contributed by atoms with Gasteiger partial charge in [0.1, 0.15) is 0 Å². The molecule has 6 nitrogen and oxygen atoms in total. The van der Waals surface area contributed by atoms with E-state index >= 15 is 0 Å². The van der Waals surface area contributed by atoms with E-state index in [1.807, 2.05) is 53.6 Å². The molecule has 2 amide bonds. The van der Waals surface area contributed by atoms with Gasteiger partial charge in [-0.2, -0.15) is 5.10 Å². The molecule has 1 aliphatic rings. The molecule has 0 radical (unpaired) electrons. The molecule has 4 rings (SSSR count). The third-order valence-electron chi connectivity index (χ3n) is 4.53. The number of aromatic nitrogens is 3. The smallest absolute Gasteiger partial charge is 0.318 e. The molecule has 1 aromatic carbocycles. The molecular formula is C20H21N5O. The van der Waals surface area contributed by atoms with E-state index in [1.165, 1.54) is 0 Å². The summed E-state index contributed by atoms with van der Waals surface area (Å²) in [5, 5.41) is 9.96. The van der Waals surface area contributed by atoms with Crippen LogP contribution in [0.3, 0.4) is 0 Å². The van der Waals surface area contributed by atoms with E-state index in [1.54, 1.807) is 12.4 Å². The van der Waals surface area contributed by atoms with Gasteiger partial charge in [-0.25, -0.2) is 4.79 Å². The summed E-state index contributed by atoms with van der Waals surface area (Å²) in [6, 6.07) is 14.3. The first-order valence-corrected chi connectivity index (χ1v) is 8.81. The molecule has 0 spiro atoms. The minimum Gasteiger partial charge on any atom is -0.334 e. The zero-order valence-corrected chi connectivity index (χ0v) is 14.4. The number of nitrogens with one attached hydrogen (secondary N) is 2. The van der Waals surface area contributed by atoms with Crippen molar-refractivity contribution in [2.24, 2.45) is 0 Å². The van der Waals surface area contributed by atoms with Gasteiger partial charge in [0.25, 0.3) is 0 Å². The number of aromatic amines is 1. The Kier molecular flexibility index (Phi) is 4.64. The summed E-state index contributed by atoms with van der Waals surface area (Å²) in [5.74, 6) is 0. The molecule has 2 aromatic heterocycles. The number of pyridine rings is 1. The molecular weight excluding hydrogens is 326 g/mol. The molecule has 3 aromatic rings. The van der Waals surface area contributed by atoms with E-state index in [0.29, 0.717) is 19.1 Å². The summed E-state index contributed by atoms with van der Waals surface area (Å²) in [5.41, 5.74) is 4.18. The van der Waals surface area contributed by atoms with Crippen LogP contribution in [-0.2, 0) is 13.1 Å². The van der Waals surface area contributed by atoms with Gasteiger partial charge in [-0.3, -0.25) is 10.1 Å². The Labute approximate surface area is 152 Å². The number of carbonyl (C=O) groups is 1. The maximum Gasteiger partial charge on any atom is 0.318 e. The maximum absolute atomic E-state index is 12.6. The van der Waals surface area contributed by atoms with Crippen molar-refractivity contribution in [2.75, 3.05) is 0 Å². The van der Waals surface area contributed by atoms with E-state index in [2.05, 4.69) is 20.5 Å². The lowest BCUT2D eigenvalue weighted by molar-refractivity contribution is 0.191. The van der Waals surface area contributed by atoms with Crippen LogP contribution in [0.5, 0.6) is 0 Å². The van der Waals surface area contributed by atoms with E-state index < -0.39 is 0 Å². The molecule has 0 bridgehead atoms. The average molecular weight is 347 g/mol. The first-order chi connectivity index (χ1) is 12.8. The van der Waals surface area contributed by atoms with Gasteiger partial charge in [0.05, 0.1) is 5.69 Å². The van der Waals surface area contributed by atoms with E-state index in [-0.39, 0.29) is 6.03 Å². The molecule has 0 saturated heterocycles. The van der Waals surface area contributed by atoms with Crippen LogP contribution < -0.4 is 5.32 Å². The Morgan fingerprint density at radius 2 is 1.96 bits per heavy atom. The van der Waals surface area contributed by atoms with Gasteiger partial charge < -0.3 is 10.2 Å². The predicted octanol–water partition coefficient (Wildman–Crippen LogP) is 3.35. The zero-order chi connectivity index (χ0) is 17.8. The number of H-pyrrole nitrogens is 1. The van der Waals surface area contributed by atoms with Crippen LogP contribution in [0.2, 0.25) is 0 Å². The van der Waals surface area contributed by atoms with Crippen molar-refractivity contribution in [1.29, 1.82) is 0 Å². The molecule has 2 N–H and O–H groups in total. The first-order valence-electron chi connectivity index (χ1n) is 8.81. The Hall–Kier alpha value is -3.15. The largest absolute Gasteiger partial charge is 0.334 e. The van der Waals surface area contributed by atoms with Crippen molar-refractivity contribution in [3.8, 4) is 11.3 Å². The Morgan fingerprint density at radius 1 is 1.12 bits per heavy atom. The molecule has 1 saturated carbocycles. The number of benzene rings is 1. The molecule has 0 aliphatic heterocycles. The highest BCUT2D eigenvalue weighted by Crippen LogP contribution is 2.28. The summed E-state index contributed by atoms with van der Waals surface area (Å²) in [6.07, 6.45) is 7.45. The molecule has 6 heteroatoms. The van der Waals surface area contributed by atoms with Gasteiger partial charge >= 0.3 is 6.03 Å². The van der Waals surface area contributed by atoms with Crippen molar-refractivity contribution in [1.82, 2.24) is 25.4 Å². The highest BCUT2D eigenvalue weighted by atomic mass is 16.2. The number of rotatable bonds is 6. The molecule has 2 heterocycles. The monoisotopic (exact) mass is 347 g/mol. The lowest BCUT2D eigenvalue weighted by atomic mass is 10.1. The van der Waals surface area contributed by atoms with Gasteiger partial charge in [-0.05, 0) is 41.7 Å². The first kappa shape index (κ1) is 16.3. The zero-order valence-electron chi connectivity index (χ0n) is 14.4. The minimum absolute atomic E-state index is 0.0194. The third kappa shape index (κ3) is 3.91. The van der Waals surface area contributed by atoms with Crippen LogP contribution >= 0.6 is 0 Å². The lowest BCUT2D eigenvalue weighted by Crippen LogP contribution is -2.40. The van der Waals surface area contributed by atoms with Crippen molar-refractivity contribution in [3.05, 3.63) is 72.2 Å². The van der Waals surface area contributed by atoms with Gasteiger partial charge in [0, 0.05) is 37.7 Å². The van der Waals surface area contributed by atoms with Crippen molar-refractivity contribution < 1.29 is 4.79 Å². The molecule has 1 aliphatic carbocycles. The molecule has 132 valence electrons. The highest BCUT2D eigenvalue weighted by Gasteiger charge is 2.32. The van der Waals surface area contributed by atoms with Crippen LogP contribution in [0.15, 0.2) is 61.1 Å². The lowest BCUT2D eigenvalue weighted by Gasteiger charge is -2.23. The quantitative estimate of drug-likeness (QED) is 0.718. The van der Waals surface area contributed by atoms with E-state index in [4.69, 9.17) is 0 Å². The number of amides is 2. The van der Waals surface area contributed by atoms with Gasteiger partial charge in [0.15, 0.2) is 0 Å². The normalized spacial score (nSPS) is 13.4. The van der Waals surface area contributed by atoms with Crippen LogP contribution in [0.25, 0.3) is 11.3 Å². The summed E-state index contributed by atoms with van der Waals surface area (Å²) in [7, 11) is 0. The molecule has 26 heavy (non-hydrogen) atoms. The van der Waals surface area contributed by atoms with Crippen molar-refractivity contribution >= 4 is 6.03 Å². The SMILES string of the molecule is O=C(NCc1ccc(-c2ccn[nH]2)cc1)N(Cc1cccnc1)C1CC1. The predicted molar refractivity (Wildman–Crippen MR) is 99.1 cm³/mol. The Morgan fingerprint density at radius 3 is 2.62 bits per heavy atom. The average Bonchev–Trinajstić information content (AvgIpc) is 3.38. The summed E-state index contributed by atoms with van der Waals surface area (Å²) in [4.78, 5) is 18.7. The number of carbonyl (C=O) groups excluding carboxylic acids is 1. The second kappa shape index (κ2) is 7.39. The van der Waals surface area contributed by atoms with Crippen LogP contribution in [0.1, 0.15) is 24.0 Å². The van der Waals surface area contributed by atoms with Crippen molar-refractivity contribution in [3.63, 3.8) is 0 Å². The second-order valence-electron chi connectivity index (χ2n) is 6.55.